The lowest BCUT2D eigenvalue weighted by Crippen LogP contribution is -2.37. The number of hydrogen-bond acceptors (Lipinski definition) is 5. The van der Waals surface area contributed by atoms with Crippen LogP contribution < -0.4 is 15.7 Å². The molecule has 2 N–H and O–H groups in total. The van der Waals surface area contributed by atoms with Gasteiger partial charge in [-0.1, -0.05) is 23.7 Å². The number of nitrogens with one attached hydrogen (secondary N) is 2. The first kappa shape index (κ1) is 18.3. The van der Waals surface area contributed by atoms with Gasteiger partial charge in [0.15, 0.2) is 0 Å². The van der Waals surface area contributed by atoms with E-state index in [1.54, 1.807) is 30.3 Å². The standard InChI is InChI=1S/C17H15ClN2O5/c18-13-6-2-1-5-12(13)16(23)20-14(10-11-4-3-9-25-11)17(24)19-8-7-15(21)22/h1-6,9-10H,7-8H2,(H,19,24)(H,20,23)(H,21,22)/p-1/b14-10+. The molecule has 130 valence electrons. The Morgan fingerprint density at radius 3 is 2.56 bits per heavy atom. The summed E-state index contributed by atoms with van der Waals surface area (Å²) in [4.78, 5) is 35.0. The molecule has 0 radical (unpaired) electrons. The largest absolute Gasteiger partial charge is 0.550 e. The van der Waals surface area contributed by atoms with Gasteiger partial charge in [-0.15, -0.1) is 0 Å². The van der Waals surface area contributed by atoms with E-state index in [-0.39, 0.29) is 29.2 Å². The number of hydrogen-bond donors (Lipinski definition) is 2. The van der Waals surface area contributed by atoms with Crippen molar-refractivity contribution in [2.24, 2.45) is 0 Å². The number of aliphatic carboxylic acids is 1. The summed E-state index contributed by atoms with van der Waals surface area (Å²) in [5.74, 6) is -2.21. The monoisotopic (exact) mass is 361 g/mol. The fourth-order valence-corrected chi connectivity index (χ4v) is 2.10. The molecule has 1 aromatic carbocycles. The van der Waals surface area contributed by atoms with E-state index < -0.39 is 17.8 Å². The molecule has 0 atom stereocenters. The molecule has 8 heteroatoms. The maximum absolute atomic E-state index is 12.3. The molecule has 7 nitrogen and oxygen atoms in total. The van der Waals surface area contributed by atoms with Crippen molar-refractivity contribution in [1.29, 1.82) is 0 Å². The van der Waals surface area contributed by atoms with Gasteiger partial charge in [-0.05, 0) is 24.3 Å². The normalized spacial score (nSPS) is 11.0. The molecule has 2 amide bonds. The maximum Gasteiger partial charge on any atom is 0.267 e. The molecule has 1 heterocycles. The number of amides is 2. The minimum Gasteiger partial charge on any atom is -0.550 e. The van der Waals surface area contributed by atoms with Crippen LogP contribution in [0, 0.1) is 0 Å². The van der Waals surface area contributed by atoms with E-state index in [9.17, 15) is 19.5 Å². The highest BCUT2D eigenvalue weighted by atomic mass is 35.5. The van der Waals surface area contributed by atoms with Crippen LogP contribution in [0.15, 0.2) is 52.8 Å². The van der Waals surface area contributed by atoms with E-state index in [2.05, 4.69) is 10.6 Å². The second-order valence-corrected chi connectivity index (χ2v) is 5.29. The highest BCUT2D eigenvalue weighted by Gasteiger charge is 2.16. The predicted molar refractivity (Wildman–Crippen MR) is 88.2 cm³/mol. The van der Waals surface area contributed by atoms with Crippen LogP contribution in [0.3, 0.4) is 0 Å². The van der Waals surface area contributed by atoms with Gasteiger partial charge in [-0.25, -0.2) is 0 Å². The summed E-state index contributed by atoms with van der Waals surface area (Å²) in [5.41, 5.74) is 0.0789. The van der Waals surface area contributed by atoms with E-state index in [4.69, 9.17) is 16.0 Å². The van der Waals surface area contributed by atoms with Crippen molar-refractivity contribution in [3.05, 3.63) is 64.7 Å². The van der Waals surface area contributed by atoms with Crippen LogP contribution in [-0.4, -0.2) is 24.3 Å². The summed E-state index contributed by atoms with van der Waals surface area (Å²) < 4.78 is 5.13. The Labute approximate surface area is 148 Å². The molecule has 1 aromatic heterocycles. The summed E-state index contributed by atoms with van der Waals surface area (Å²) in [6.07, 6.45) is 2.38. The Morgan fingerprint density at radius 1 is 1.16 bits per heavy atom. The van der Waals surface area contributed by atoms with Gasteiger partial charge in [-0.2, -0.15) is 0 Å². The number of furan rings is 1. The molecular formula is C17H14ClN2O5-. The number of carbonyl (C=O) groups is 3. The Bertz CT molecular complexity index is 799. The van der Waals surface area contributed by atoms with Crippen LogP contribution in [0.25, 0.3) is 6.08 Å². The van der Waals surface area contributed by atoms with Crippen molar-refractivity contribution in [2.75, 3.05) is 6.54 Å². The fraction of sp³-hybridized carbons (Fsp3) is 0.118. The molecule has 0 spiro atoms. The summed E-state index contributed by atoms with van der Waals surface area (Å²) in [7, 11) is 0. The van der Waals surface area contributed by atoms with Gasteiger partial charge in [0.1, 0.15) is 11.5 Å². The van der Waals surface area contributed by atoms with Crippen LogP contribution in [-0.2, 0) is 9.59 Å². The van der Waals surface area contributed by atoms with E-state index in [0.717, 1.165) is 0 Å². The first-order valence-corrected chi connectivity index (χ1v) is 7.64. The minimum absolute atomic E-state index is 0.113. The van der Waals surface area contributed by atoms with Gasteiger partial charge < -0.3 is 25.0 Å². The van der Waals surface area contributed by atoms with Gasteiger partial charge in [0.2, 0.25) is 0 Å². The van der Waals surface area contributed by atoms with Crippen LogP contribution in [0.1, 0.15) is 22.5 Å². The lowest BCUT2D eigenvalue weighted by atomic mass is 10.2. The smallest absolute Gasteiger partial charge is 0.267 e. The summed E-state index contributed by atoms with van der Waals surface area (Å²) >= 11 is 5.97. The summed E-state index contributed by atoms with van der Waals surface area (Å²) in [6.45, 7) is -0.140. The van der Waals surface area contributed by atoms with Gasteiger partial charge in [0.25, 0.3) is 11.8 Å². The van der Waals surface area contributed by atoms with Crippen LogP contribution in [0.2, 0.25) is 5.02 Å². The first-order chi connectivity index (χ1) is 12.0. The molecular weight excluding hydrogens is 348 g/mol. The Kier molecular flexibility index (Phi) is 6.36. The van der Waals surface area contributed by atoms with E-state index in [0.29, 0.717) is 5.76 Å². The molecule has 0 fully saturated rings. The zero-order chi connectivity index (χ0) is 18.2. The number of benzene rings is 1. The van der Waals surface area contributed by atoms with Crippen LogP contribution in [0.4, 0.5) is 0 Å². The van der Waals surface area contributed by atoms with Crippen molar-refractivity contribution in [3.63, 3.8) is 0 Å². The highest BCUT2D eigenvalue weighted by molar-refractivity contribution is 6.34. The Balaban J connectivity index is 2.17. The van der Waals surface area contributed by atoms with Gasteiger partial charge in [-0.3, -0.25) is 9.59 Å². The van der Waals surface area contributed by atoms with Crippen molar-refractivity contribution in [3.8, 4) is 0 Å². The predicted octanol–water partition coefficient (Wildman–Crippen LogP) is 0.960. The summed E-state index contributed by atoms with van der Waals surface area (Å²) in [5, 5.41) is 15.5. The number of halogens is 1. The molecule has 25 heavy (non-hydrogen) atoms. The lowest BCUT2D eigenvalue weighted by molar-refractivity contribution is -0.305. The van der Waals surface area contributed by atoms with Crippen molar-refractivity contribution >= 4 is 35.5 Å². The molecule has 0 saturated heterocycles. The molecule has 0 unspecified atom stereocenters. The third-order valence-corrected chi connectivity index (χ3v) is 3.39. The Hall–Kier alpha value is -3.06. The zero-order valence-corrected chi connectivity index (χ0v) is 13.7. The zero-order valence-electron chi connectivity index (χ0n) is 13.0. The lowest BCUT2D eigenvalue weighted by Gasteiger charge is -2.11. The van der Waals surface area contributed by atoms with E-state index >= 15 is 0 Å². The molecule has 2 rings (SSSR count). The molecule has 0 aliphatic rings. The molecule has 0 aliphatic carbocycles. The quantitative estimate of drug-likeness (QED) is 0.713. The molecule has 0 saturated carbocycles. The average Bonchev–Trinajstić information content (AvgIpc) is 3.07. The second kappa shape index (κ2) is 8.70. The maximum atomic E-state index is 12.3. The van der Waals surface area contributed by atoms with Crippen molar-refractivity contribution < 1.29 is 23.9 Å². The number of rotatable bonds is 7. The third kappa shape index (κ3) is 5.50. The number of carbonyl (C=O) groups excluding carboxylic acids is 3. The van der Waals surface area contributed by atoms with E-state index in [1.165, 1.54) is 18.4 Å². The average molecular weight is 362 g/mol. The minimum atomic E-state index is -1.29. The van der Waals surface area contributed by atoms with Crippen LogP contribution >= 0.6 is 11.6 Å². The van der Waals surface area contributed by atoms with Gasteiger partial charge >= 0.3 is 0 Å². The second-order valence-electron chi connectivity index (χ2n) is 4.89. The van der Waals surface area contributed by atoms with Crippen LogP contribution in [0.5, 0.6) is 0 Å². The van der Waals surface area contributed by atoms with Crippen molar-refractivity contribution in [2.45, 2.75) is 6.42 Å². The fourth-order valence-electron chi connectivity index (χ4n) is 1.88. The SMILES string of the molecule is O=C([O-])CCNC(=O)/C(=C\c1ccco1)NC(=O)c1ccccc1Cl. The van der Waals surface area contributed by atoms with E-state index in [1.807, 2.05) is 0 Å². The third-order valence-electron chi connectivity index (χ3n) is 3.06. The first-order valence-electron chi connectivity index (χ1n) is 7.26. The molecule has 2 aromatic rings. The van der Waals surface area contributed by atoms with Crippen molar-refractivity contribution in [1.82, 2.24) is 10.6 Å². The number of carboxylic acids is 1. The summed E-state index contributed by atoms with van der Waals surface area (Å²) in [6, 6.07) is 9.58. The molecule has 0 bridgehead atoms. The van der Waals surface area contributed by atoms with Gasteiger partial charge in [0, 0.05) is 25.0 Å². The Morgan fingerprint density at radius 2 is 1.92 bits per heavy atom. The molecule has 0 aliphatic heterocycles. The highest BCUT2D eigenvalue weighted by Crippen LogP contribution is 2.15. The topological polar surface area (TPSA) is 111 Å². The number of carboxylic acid groups (broad SMARTS) is 1. The van der Waals surface area contributed by atoms with Gasteiger partial charge in [0.05, 0.1) is 16.8 Å².